The summed E-state index contributed by atoms with van der Waals surface area (Å²) in [5.74, 6) is 1.81. The van der Waals surface area contributed by atoms with Crippen molar-refractivity contribution in [1.29, 1.82) is 0 Å². The van der Waals surface area contributed by atoms with Crippen molar-refractivity contribution in [3.8, 4) is 0 Å². The fourth-order valence-corrected chi connectivity index (χ4v) is 0.621. The van der Waals surface area contributed by atoms with Gasteiger partial charge in [-0.15, -0.1) is 0 Å². The maximum Gasteiger partial charge on any atom is 0.181 e. The predicted molar refractivity (Wildman–Crippen MR) is 52.3 cm³/mol. The Kier molecular flexibility index (Phi) is 5.75. The maximum atomic E-state index is 10.8. The van der Waals surface area contributed by atoms with Crippen LogP contribution in [0.25, 0.3) is 0 Å². The molecule has 1 aromatic carbocycles. The van der Waals surface area contributed by atoms with Gasteiger partial charge in [-0.3, -0.25) is 4.79 Å². The van der Waals surface area contributed by atoms with Gasteiger partial charge in [-0.2, -0.15) is 0 Å². The number of alkyl halides is 1. The molecule has 0 saturated heterocycles. The fourth-order valence-electron chi connectivity index (χ4n) is 0.621. The minimum absolute atomic E-state index is 0.0972. The van der Waals surface area contributed by atoms with E-state index in [1.165, 1.54) is 0 Å². The highest BCUT2D eigenvalue weighted by molar-refractivity contribution is 9.08. The summed E-state index contributed by atoms with van der Waals surface area (Å²) in [6, 6.07) is 8.82. The van der Waals surface area contributed by atoms with Crippen LogP contribution in [-0.2, 0) is 0 Å². The quantitative estimate of drug-likeness (QED) is 0.607. The first-order chi connectivity index (χ1) is 5.30. The zero-order valence-corrected chi connectivity index (χ0v) is 8.26. The van der Waals surface area contributed by atoms with Crippen molar-refractivity contribution in [1.82, 2.24) is 0 Å². The van der Waals surface area contributed by atoms with E-state index in [9.17, 15) is 4.79 Å². The molecule has 2 heteroatoms. The van der Waals surface area contributed by atoms with Crippen LogP contribution in [0.15, 0.2) is 35.1 Å². The molecular formula is C9H11BrO. The van der Waals surface area contributed by atoms with Gasteiger partial charge in [0.1, 0.15) is 0 Å². The molecular weight excluding hydrogens is 204 g/mol. The Labute approximate surface area is 75.2 Å². The average Bonchev–Trinajstić information content (AvgIpc) is 2.22. The van der Waals surface area contributed by atoms with Crippen molar-refractivity contribution in [2.45, 2.75) is 6.92 Å². The topological polar surface area (TPSA) is 17.1 Å². The Hall–Kier alpha value is -0.630. The maximum absolute atomic E-state index is 10.8. The number of rotatable bonds is 0. The lowest BCUT2D eigenvalue weighted by Gasteiger charge is -1.74. The van der Waals surface area contributed by atoms with Gasteiger partial charge in [0, 0.05) is 0 Å². The number of hydrogen-bond acceptors (Lipinski definition) is 1. The van der Waals surface area contributed by atoms with Crippen molar-refractivity contribution in [2.24, 2.45) is 0 Å². The molecule has 0 amide bonds. The third-order valence-electron chi connectivity index (χ3n) is 1.20. The summed E-state index contributed by atoms with van der Waals surface area (Å²) in [5, 5.41) is 0. The number of hydrogen-bond donors (Lipinski definition) is 0. The molecule has 0 aliphatic carbocycles. The van der Waals surface area contributed by atoms with E-state index in [0.717, 1.165) is 5.56 Å². The van der Waals surface area contributed by atoms with Gasteiger partial charge in [-0.25, -0.2) is 0 Å². The molecule has 0 N–H and O–H groups in total. The molecule has 11 heavy (non-hydrogen) atoms. The largest absolute Gasteiger partial charge is 0.290 e. The molecule has 1 rings (SSSR count). The van der Waals surface area contributed by atoms with Crippen LogP contribution in [0.1, 0.15) is 5.56 Å². The third kappa shape index (κ3) is 3.94. The van der Waals surface area contributed by atoms with Crippen LogP contribution >= 0.6 is 15.9 Å². The Morgan fingerprint density at radius 2 is 1.64 bits per heavy atom. The smallest absolute Gasteiger partial charge is 0.181 e. The van der Waals surface area contributed by atoms with Gasteiger partial charge >= 0.3 is 0 Å². The molecule has 0 aliphatic rings. The first kappa shape index (κ1) is 10.4. The molecule has 1 nitrogen and oxygen atoms in total. The number of aryl methyl sites for hydroxylation is 1. The van der Waals surface area contributed by atoms with Crippen LogP contribution in [-0.4, -0.2) is 5.83 Å². The zero-order valence-electron chi connectivity index (χ0n) is 6.67. The first-order valence-corrected chi connectivity index (χ1v) is 4.83. The molecule has 0 fully saturated rings. The van der Waals surface area contributed by atoms with Crippen LogP contribution in [0.2, 0.25) is 0 Å². The fraction of sp³-hybridized carbons (Fsp3) is 0.222. The highest BCUT2D eigenvalue weighted by Gasteiger charge is 1.82. The summed E-state index contributed by atoms with van der Waals surface area (Å²) in [4.78, 5) is 10.8. The van der Waals surface area contributed by atoms with Crippen molar-refractivity contribution in [2.75, 3.05) is 5.83 Å². The van der Waals surface area contributed by atoms with Gasteiger partial charge in [0.05, 0.1) is 0 Å². The third-order valence-corrected chi connectivity index (χ3v) is 1.20. The normalized spacial score (nSPS) is 7.91. The molecule has 60 valence electrons. The van der Waals surface area contributed by atoms with Crippen LogP contribution < -0.4 is 5.43 Å². The molecule has 0 unspecified atom stereocenters. The highest BCUT2D eigenvalue weighted by Crippen LogP contribution is 1.84. The van der Waals surface area contributed by atoms with Crippen molar-refractivity contribution in [3.05, 3.63) is 46.1 Å². The molecule has 0 atom stereocenters. The van der Waals surface area contributed by atoms with E-state index in [-0.39, 0.29) is 5.43 Å². The van der Waals surface area contributed by atoms with E-state index in [1.807, 2.05) is 31.0 Å². The lowest BCUT2D eigenvalue weighted by molar-refractivity contribution is 1.43. The lowest BCUT2D eigenvalue weighted by Crippen LogP contribution is -1.96. The summed E-state index contributed by atoms with van der Waals surface area (Å²) in [7, 11) is 0. The van der Waals surface area contributed by atoms with E-state index < -0.39 is 0 Å². The van der Waals surface area contributed by atoms with Crippen molar-refractivity contribution in [3.63, 3.8) is 0 Å². The van der Waals surface area contributed by atoms with Crippen molar-refractivity contribution >= 4 is 15.9 Å². The molecule has 0 bridgehead atoms. The summed E-state index contributed by atoms with van der Waals surface area (Å²) in [6.07, 6.45) is 0. The lowest BCUT2D eigenvalue weighted by atomic mass is 10.3. The highest BCUT2D eigenvalue weighted by atomic mass is 79.9. The van der Waals surface area contributed by atoms with Crippen LogP contribution in [0.4, 0.5) is 0 Å². The van der Waals surface area contributed by atoms with Gasteiger partial charge in [0.15, 0.2) is 5.43 Å². The Bertz CT molecular complexity index is 257. The summed E-state index contributed by atoms with van der Waals surface area (Å²) < 4.78 is 0. The predicted octanol–water partition coefficient (Wildman–Crippen LogP) is 2.37. The first-order valence-electron chi connectivity index (χ1n) is 3.24. The Morgan fingerprint density at radius 3 is 2.27 bits per heavy atom. The van der Waals surface area contributed by atoms with Gasteiger partial charge in [0.2, 0.25) is 0 Å². The second kappa shape index (κ2) is 6.10. The van der Waals surface area contributed by atoms with Crippen molar-refractivity contribution < 1.29 is 0 Å². The van der Waals surface area contributed by atoms with Gasteiger partial charge in [-0.05, 0) is 24.4 Å². The molecule has 0 heterocycles. The van der Waals surface area contributed by atoms with Gasteiger partial charge in [-0.1, -0.05) is 40.2 Å². The van der Waals surface area contributed by atoms with Crippen LogP contribution in [0.3, 0.4) is 0 Å². The standard InChI is InChI=1S/C8H8O.CH3Br/c1-7-5-3-2-4-6-8(7)9;1-2/h2-6H,1H3;1H3. The SMILES string of the molecule is CBr.Cc1cccccc1=O. The van der Waals surface area contributed by atoms with E-state index in [1.54, 1.807) is 12.1 Å². The Morgan fingerprint density at radius 1 is 1.09 bits per heavy atom. The van der Waals surface area contributed by atoms with E-state index in [4.69, 9.17) is 0 Å². The van der Waals surface area contributed by atoms with Crippen LogP contribution in [0.5, 0.6) is 0 Å². The summed E-state index contributed by atoms with van der Waals surface area (Å²) in [6.45, 7) is 1.81. The minimum atomic E-state index is 0.0972. The molecule has 0 radical (unpaired) electrons. The minimum Gasteiger partial charge on any atom is -0.290 e. The summed E-state index contributed by atoms with van der Waals surface area (Å²) in [5.41, 5.74) is 0.889. The van der Waals surface area contributed by atoms with E-state index in [0.29, 0.717) is 0 Å². The zero-order chi connectivity index (χ0) is 8.69. The van der Waals surface area contributed by atoms with E-state index >= 15 is 0 Å². The molecule has 0 aromatic heterocycles. The monoisotopic (exact) mass is 214 g/mol. The second-order valence-corrected chi connectivity index (χ2v) is 1.96. The molecule has 0 aliphatic heterocycles. The van der Waals surface area contributed by atoms with Crippen LogP contribution in [0, 0.1) is 6.92 Å². The molecule has 1 aromatic rings. The van der Waals surface area contributed by atoms with Gasteiger partial charge in [0.25, 0.3) is 0 Å². The molecule has 0 saturated carbocycles. The Balaban J connectivity index is 0.000000461. The number of halogens is 1. The van der Waals surface area contributed by atoms with E-state index in [2.05, 4.69) is 15.9 Å². The average molecular weight is 215 g/mol. The molecule has 0 spiro atoms. The second-order valence-electron chi connectivity index (χ2n) is 1.96. The van der Waals surface area contributed by atoms with Gasteiger partial charge < -0.3 is 0 Å². The summed E-state index contributed by atoms with van der Waals surface area (Å²) >= 11 is 2.94.